The number of halogens is 6. The fourth-order valence-electron chi connectivity index (χ4n) is 6.57. The molecule has 0 aliphatic carbocycles. The van der Waals surface area contributed by atoms with Gasteiger partial charge in [0.1, 0.15) is 17.7 Å². The second kappa shape index (κ2) is 29.9. The summed E-state index contributed by atoms with van der Waals surface area (Å²) in [4.78, 5) is 78.5. The van der Waals surface area contributed by atoms with Crippen molar-refractivity contribution in [1.82, 2.24) is 26.0 Å². The van der Waals surface area contributed by atoms with Crippen LogP contribution in [0.4, 0.5) is 22.0 Å². The number of carbonyl (C=O) groups excluding carboxylic acids is 6. The molecule has 20 nitrogen and oxygen atoms in total. The third-order valence-corrected chi connectivity index (χ3v) is 10.7. The lowest BCUT2D eigenvalue weighted by atomic mass is 9.74. The van der Waals surface area contributed by atoms with Crippen molar-refractivity contribution in [2.45, 2.75) is 70.1 Å². The van der Waals surface area contributed by atoms with Crippen molar-refractivity contribution in [3.8, 4) is 11.1 Å². The van der Waals surface area contributed by atoms with Crippen molar-refractivity contribution < 1.29 is 89.5 Å². The summed E-state index contributed by atoms with van der Waals surface area (Å²) in [6.45, 7) is 4.76. The lowest BCUT2D eigenvalue weighted by Gasteiger charge is -2.35. The first-order valence-corrected chi connectivity index (χ1v) is 23.4. The minimum Gasteiger partial charge on any atom is -0.386 e. The number of amides is 3. The molecule has 0 spiro atoms. The highest BCUT2D eigenvalue weighted by molar-refractivity contribution is 9.09. The van der Waals surface area contributed by atoms with Gasteiger partial charge in [-0.25, -0.2) is 18.4 Å². The van der Waals surface area contributed by atoms with Crippen LogP contribution in [-0.2, 0) is 63.8 Å². The quantitative estimate of drug-likeness (QED) is 0.00926. The summed E-state index contributed by atoms with van der Waals surface area (Å²) in [5.74, 6) is -10.2. The Balaban J connectivity index is 1.45. The molecule has 0 saturated heterocycles. The van der Waals surface area contributed by atoms with E-state index in [4.69, 9.17) is 29.5 Å². The van der Waals surface area contributed by atoms with Gasteiger partial charge in [-0.2, -0.15) is 18.7 Å². The van der Waals surface area contributed by atoms with Gasteiger partial charge in [-0.15, -0.1) is 0 Å². The van der Waals surface area contributed by atoms with E-state index in [0.29, 0.717) is 11.3 Å². The predicted molar refractivity (Wildman–Crippen MR) is 248 cm³/mol. The Kier molecular flexibility index (Phi) is 25.3. The number of nitrogens with two attached hydrogens (primary N) is 1. The summed E-state index contributed by atoms with van der Waals surface area (Å²) in [5.41, 5.74) is 6.36. The third kappa shape index (κ3) is 21.0. The molecule has 3 rings (SSSR count). The zero-order chi connectivity index (χ0) is 53.5. The number of nitrogens with one attached hydrogen (secondary N) is 4. The van der Waals surface area contributed by atoms with Crippen LogP contribution in [0, 0.1) is 17.0 Å². The Hall–Kier alpha value is -5.45. The second-order valence-corrected chi connectivity index (χ2v) is 17.4. The number of aliphatic hydroxyl groups excluding tert-OH is 1. The van der Waals surface area contributed by atoms with Gasteiger partial charge in [-0.05, 0) is 41.7 Å². The van der Waals surface area contributed by atoms with E-state index in [-0.39, 0.29) is 89.8 Å². The average Bonchev–Trinajstić information content (AvgIpc) is 3.72. The Morgan fingerprint density at radius 2 is 1.40 bits per heavy atom. The third-order valence-electron chi connectivity index (χ3n) is 10.1. The number of alkyl halides is 4. The number of hydrogen-bond acceptors (Lipinski definition) is 16. The van der Waals surface area contributed by atoms with Gasteiger partial charge in [0.05, 0.1) is 83.7 Å². The first-order valence-electron chi connectivity index (χ1n) is 22.3. The number of hydrogen-bond donors (Lipinski definition) is 7. The minimum absolute atomic E-state index is 0.00163. The maximum Gasteiger partial charge on any atom is 0.491 e. The normalized spacial score (nSPS) is 13.8. The molecule has 1 aromatic heterocycles. The summed E-state index contributed by atoms with van der Waals surface area (Å²) in [6, 6.07) is 12.5. The lowest BCUT2D eigenvalue weighted by molar-refractivity contribution is -0.202. The van der Waals surface area contributed by atoms with E-state index >= 15 is 4.39 Å². The molecule has 0 aliphatic rings. The predicted octanol–water partition coefficient (Wildman–Crippen LogP) is 2.26. The zero-order valence-corrected chi connectivity index (χ0v) is 41.3. The maximum absolute atomic E-state index is 15.0. The van der Waals surface area contributed by atoms with E-state index in [2.05, 4.69) is 42.1 Å². The van der Waals surface area contributed by atoms with Gasteiger partial charge in [0, 0.05) is 42.0 Å². The molecule has 0 fully saturated rings. The highest BCUT2D eigenvalue weighted by Crippen LogP contribution is 2.41. The second-order valence-electron chi connectivity index (χ2n) is 16.9. The largest absolute Gasteiger partial charge is 0.491 e. The van der Waals surface area contributed by atoms with E-state index in [1.165, 1.54) is 0 Å². The molecule has 72 heavy (non-hydrogen) atoms. The van der Waals surface area contributed by atoms with Gasteiger partial charge in [-0.3, -0.25) is 19.2 Å². The summed E-state index contributed by atoms with van der Waals surface area (Å²) in [5, 5.41) is 29.5. The summed E-state index contributed by atoms with van der Waals surface area (Å²) < 4.78 is 91.9. The molecule has 3 aromatic rings. The summed E-state index contributed by atoms with van der Waals surface area (Å²) in [7, 11) is 0. The van der Waals surface area contributed by atoms with Crippen LogP contribution in [0.5, 0.6) is 0 Å². The average molecular weight is 1100 g/mol. The molecule has 1 unspecified atom stereocenters. The van der Waals surface area contributed by atoms with Crippen LogP contribution in [0.2, 0.25) is 0 Å². The Morgan fingerprint density at radius 1 is 0.792 bits per heavy atom. The van der Waals surface area contributed by atoms with Crippen LogP contribution in [0.1, 0.15) is 50.8 Å². The number of hydroxylamine groups is 1. The molecule has 3 amide bonds. The van der Waals surface area contributed by atoms with Crippen LogP contribution in [-0.4, -0.2) is 152 Å². The van der Waals surface area contributed by atoms with E-state index in [1.54, 1.807) is 37.6 Å². The number of rotatable bonds is 31. The molecule has 0 bridgehead atoms. The molecule has 0 aliphatic heterocycles. The first-order chi connectivity index (χ1) is 34.0. The van der Waals surface area contributed by atoms with E-state index in [9.17, 15) is 56.5 Å². The number of esters is 2. The monoisotopic (exact) mass is 1090 g/mol. The van der Waals surface area contributed by atoms with Crippen LogP contribution >= 0.6 is 15.9 Å². The Morgan fingerprint density at radius 3 is 2.00 bits per heavy atom. The van der Waals surface area contributed by atoms with Crippen molar-refractivity contribution in [3.05, 3.63) is 83.7 Å². The lowest BCUT2D eigenvalue weighted by Crippen LogP contribution is -2.64. The molecule has 2 aromatic carbocycles. The van der Waals surface area contributed by atoms with Gasteiger partial charge >= 0.3 is 24.1 Å². The van der Waals surface area contributed by atoms with Crippen LogP contribution in [0.25, 0.3) is 11.1 Å². The fourth-order valence-corrected chi connectivity index (χ4v) is 6.77. The smallest absolute Gasteiger partial charge is 0.386 e. The van der Waals surface area contributed by atoms with Crippen molar-refractivity contribution in [2.24, 2.45) is 11.1 Å². The minimum atomic E-state index is -5.28. The number of carbonyl (C=O) groups is 6. The summed E-state index contributed by atoms with van der Waals surface area (Å²) in [6.07, 6.45) is -6.17. The van der Waals surface area contributed by atoms with E-state index in [0.717, 1.165) is 23.8 Å². The Bertz CT molecular complexity index is 2240. The highest BCUT2D eigenvalue weighted by Gasteiger charge is 2.43. The number of nitrogens with zero attached hydrogens (tertiary/aromatic N) is 1. The van der Waals surface area contributed by atoms with Crippen LogP contribution in [0.3, 0.4) is 0 Å². The molecular formula is C46H60BrF5N6O14. The highest BCUT2D eigenvalue weighted by atomic mass is 79.9. The van der Waals surface area contributed by atoms with E-state index in [1.807, 2.05) is 30.3 Å². The topological polar surface area (TPSA) is 277 Å². The number of benzene rings is 2. The van der Waals surface area contributed by atoms with Gasteiger partial charge in [0.15, 0.2) is 0 Å². The van der Waals surface area contributed by atoms with Crippen LogP contribution in [0.15, 0.2) is 60.8 Å². The number of ether oxygens (including phenoxy) is 5. The van der Waals surface area contributed by atoms with Crippen molar-refractivity contribution >= 4 is 51.6 Å². The van der Waals surface area contributed by atoms with Gasteiger partial charge in [0.2, 0.25) is 17.7 Å². The summed E-state index contributed by atoms with van der Waals surface area (Å²) >= 11 is 2.94. The first kappa shape index (κ1) is 60.9. The fraction of sp³-hybridized carbons (Fsp3) is 0.522. The molecule has 400 valence electrons. The van der Waals surface area contributed by atoms with Gasteiger partial charge < -0.3 is 65.0 Å². The van der Waals surface area contributed by atoms with Crippen molar-refractivity contribution in [2.75, 3.05) is 77.8 Å². The van der Waals surface area contributed by atoms with Gasteiger partial charge in [0.25, 0.3) is 5.72 Å². The van der Waals surface area contributed by atoms with E-state index < -0.39 is 95.6 Å². The molecule has 1 heterocycles. The Labute approximate surface area is 419 Å². The SMILES string of the molecule is CC(C)(C)[C@H](c1cc(-c2cc(F)ccc2F)cn1Cc1ccccc1)[C@H](O)C(=O)NCC[C@H](N)C(=O)NC(O)(CNC(=O)CBr)C(=O)ONCCOCCOCCOCCOCCC(=O)OC(=O)C(F)(F)F. The molecule has 0 saturated carbocycles. The zero-order valence-electron chi connectivity index (χ0n) is 39.7. The van der Waals surface area contributed by atoms with Gasteiger partial charge in [-0.1, -0.05) is 67.0 Å². The number of aromatic nitrogens is 1. The molecule has 4 atom stereocenters. The number of aliphatic hydroxyl groups is 2. The van der Waals surface area contributed by atoms with Crippen molar-refractivity contribution in [3.63, 3.8) is 0 Å². The molecule has 26 heteroatoms. The maximum atomic E-state index is 15.0. The molecule has 8 N–H and O–H groups in total. The molecular weight excluding hydrogens is 1040 g/mol. The van der Waals surface area contributed by atoms with Crippen molar-refractivity contribution in [1.29, 1.82) is 0 Å². The molecule has 0 radical (unpaired) electrons. The standard InChI is InChI=1S/C46H60BrF5N6O14/c1-44(2,3)38(35-23-30(32-24-31(48)9-10-33(32)49)27-58(35)26-29-7-5-4-6-8-29)39(61)41(63)54-13-11-34(53)40(62)57-45(66,28-55-36(59)25-47)42(64)72-56-14-16-68-18-20-70-22-21-69-19-17-67-15-12-37(60)71-43(65)46(50,51)52/h4-10,23-24,27,34,38-39,56,61,66H,11-22,25-26,28,53H2,1-3H3,(H,54,63)(H,55,59)(H,57,62)/t34-,38+,39-,45?/m0/s1. The van der Waals surface area contributed by atoms with Crippen LogP contribution < -0.4 is 27.2 Å².